The zero-order chi connectivity index (χ0) is 13.3. The highest BCUT2D eigenvalue weighted by molar-refractivity contribution is 9.11. The molecule has 0 aromatic carbocycles. The number of aryl methyl sites for hydroxylation is 3. The molecule has 0 fully saturated rings. The molecule has 0 aliphatic heterocycles. The van der Waals surface area contributed by atoms with Crippen LogP contribution >= 0.6 is 27.3 Å². The van der Waals surface area contributed by atoms with Crippen LogP contribution in [0.15, 0.2) is 16.0 Å². The van der Waals surface area contributed by atoms with E-state index in [1.165, 1.54) is 11.3 Å². The number of hydrogen-bond donors (Lipinski definition) is 1. The number of rotatable bonds is 3. The Labute approximate surface area is 118 Å². The van der Waals surface area contributed by atoms with E-state index in [9.17, 15) is 4.79 Å². The lowest BCUT2D eigenvalue weighted by atomic mass is 10.2. The van der Waals surface area contributed by atoms with Crippen molar-refractivity contribution < 1.29 is 4.79 Å². The molecule has 0 atom stereocenters. The van der Waals surface area contributed by atoms with Crippen molar-refractivity contribution in [2.24, 2.45) is 7.05 Å². The van der Waals surface area contributed by atoms with E-state index in [0.29, 0.717) is 6.54 Å². The lowest BCUT2D eigenvalue weighted by molar-refractivity contribution is 0.0955. The van der Waals surface area contributed by atoms with Gasteiger partial charge in [-0.3, -0.25) is 9.48 Å². The smallest absolute Gasteiger partial charge is 0.261 e. The highest BCUT2D eigenvalue weighted by atomic mass is 79.9. The topological polar surface area (TPSA) is 46.9 Å². The molecule has 2 rings (SSSR count). The molecule has 0 saturated heterocycles. The minimum atomic E-state index is -0.0444. The molecule has 0 spiro atoms. The molecule has 0 aliphatic rings. The first kappa shape index (κ1) is 13.3. The van der Waals surface area contributed by atoms with Gasteiger partial charge in [0.2, 0.25) is 0 Å². The molecule has 0 bridgehead atoms. The van der Waals surface area contributed by atoms with E-state index in [1.54, 1.807) is 4.68 Å². The van der Waals surface area contributed by atoms with Crippen LogP contribution in [-0.2, 0) is 13.6 Å². The molecule has 1 amide bonds. The van der Waals surface area contributed by atoms with Crippen LogP contribution in [0.1, 0.15) is 26.5 Å². The van der Waals surface area contributed by atoms with Gasteiger partial charge < -0.3 is 5.32 Å². The molecule has 2 heterocycles. The van der Waals surface area contributed by atoms with Gasteiger partial charge in [-0.05, 0) is 41.4 Å². The lowest BCUT2D eigenvalue weighted by Crippen LogP contribution is -2.21. The Bertz CT molecular complexity index is 569. The van der Waals surface area contributed by atoms with Gasteiger partial charge >= 0.3 is 0 Å². The van der Waals surface area contributed by atoms with E-state index < -0.39 is 0 Å². The molecule has 1 N–H and O–H groups in total. The SMILES string of the molecule is Cc1cc(C(=O)NCc2cn(C)nc2C)sc1Br. The normalized spacial score (nSPS) is 10.7. The summed E-state index contributed by atoms with van der Waals surface area (Å²) in [5.41, 5.74) is 3.07. The van der Waals surface area contributed by atoms with Crippen molar-refractivity contribution in [2.45, 2.75) is 20.4 Å². The van der Waals surface area contributed by atoms with Crippen molar-refractivity contribution >= 4 is 33.2 Å². The van der Waals surface area contributed by atoms with E-state index in [0.717, 1.165) is 25.5 Å². The Morgan fingerprint density at radius 2 is 2.28 bits per heavy atom. The predicted octanol–water partition coefficient (Wildman–Crippen LogP) is 2.79. The van der Waals surface area contributed by atoms with Crippen molar-refractivity contribution in [1.82, 2.24) is 15.1 Å². The third kappa shape index (κ3) is 2.81. The fourth-order valence-electron chi connectivity index (χ4n) is 1.66. The number of carbonyl (C=O) groups is 1. The fraction of sp³-hybridized carbons (Fsp3) is 0.333. The first-order valence-electron chi connectivity index (χ1n) is 5.50. The zero-order valence-corrected chi connectivity index (χ0v) is 12.9. The van der Waals surface area contributed by atoms with E-state index in [1.807, 2.05) is 33.2 Å². The summed E-state index contributed by atoms with van der Waals surface area (Å²) in [5.74, 6) is -0.0444. The molecule has 0 radical (unpaired) electrons. The van der Waals surface area contributed by atoms with Gasteiger partial charge in [0.1, 0.15) is 0 Å². The number of amides is 1. The van der Waals surface area contributed by atoms with Gasteiger partial charge in [0.15, 0.2) is 0 Å². The van der Waals surface area contributed by atoms with E-state index in [2.05, 4.69) is 26.3 Å². The molecule has 18 heavy (non-hydrogen) atoms. The van der Waals surface area contributed by atoms with Gasteiger partial charge in [-0.15, -0.1) is 11.3 Å². The van der Waals surface area contributed by atoms with Crippen LogP contribution in [0.4, 0.5) is 0 Å². The summed E-state index contributed by atoms with van der Waals surface area (Å²) in [7, 11) is 1.87. The van der Waals surface area contributed by atoms with Crippen molar-refractivity contribution in [3.05, 3.63) is 37.7 Å². The molecule has 0 unspecified atom stereocenters. The Hall–Kier alpha value is -1.14. The second-order valence-corrected chi connectivity index (χ2v) is 6.53. The minimum absolute atomic E-state index is 0.0444. The number of hydrogen-bond acceptors (Lipinski definition) is 3. The largest absolute Gasteiger partial charge is 0.347 e. The Morgan fingerprint density at radius 1 is 1.56 bits per heavy atom. The number of halogens is 1. The summed E-state index contributed by atoms with van der Waals surface area (Å²) in [4.78, 5) is 12.7. The Balaban J connectivity index is 2.02. The third-order valence-electron chi connectivity index (χ3n) is 2.64. The zero-order valence-electron chi connectivity index (χ0n) is 10.5. The quantitative estimate of drug-likeness (QED) is 0.942. The highest BCUT2D eigenvalue weighted by Crippen LogP contribution is 2.27. The monoisotopic (exact) mass is 327 g/mol. The predicted molar refractivity (Wildman–Crippen MR) is 75.9 cm³/mol. The molecule has 0 aliphatic carbocycles. The maximum Gasteiger partial charge on any atom is 0.261 e. The molecular weight excluding hydrogens is 314 g/mol. The van der Waals surface area contributed by atoms with E-state index in [-0.39, 0.29) is 5.91 Å². The van der Waals surface area contributed by atoms with E-state index in [4.69, 9.17) is 0 Å². The van der Waals surface area contributed by atoms with Gasteiger partial charge in [-0.1, -0.05) is 0 Å². The number of thiophene rings is 1. The van der Waals surface area contributed by atoms with Crippen LogP contribution in [0.25, 0.3) is 0 Å². The van der Waals surface area contributed by atoms with E-state index >= 15 is 0 Å². The van der Waals surface area contributed by atoms with Crippen LogP contribution in [0, 0.1) is 13.8 Å². The number of carbonyl (C=O) groups excluding carboxylic acids is 1. The summed E-state index contributed by atoms with van der Waals surface area (Å²) >= 11 is 4.87. The first-order chi connectivity index (χ1) is 8.47. The summed E-state index contributed by atoms with van der Waals surface area (Å²) in [6.45, 7) is 4.42. The van der Waals surface area contributed by atoms with Crippen molar-refractivity contribution in [3.8, 4) is 0 Å². The molecule has 6 heteroatoms. The van der Waals surface area contributed by atoms with Gasteiger partial charge in [0, 0.05) is 25.4 Å². The Morgan fingerprint density at radius 3 is 2.78 bits per heavy atom. The van der Waals surface area contributed by atoms with Crippen LogP contribution in [0.3, 0.4) is 0 Å². The molecule has 4 nitrogen and oxygen atoms in total. The second-order valence-electron chi connectivity index (χ2n) is 4.16. The molecule has 2 aromatic rings. The minimum Gasteiger partial charge on any atom is -0.347 e. The lowest BCUT2D eigenvalue weighted by Gasteiger charge is -2.01. The summed E-state index contributed by atoms with van der Waals surface area (Å²) in [6.07, 6.45) is 1.92. The van der Waals surface area contributed by atoms with Gasteiger partial charge in [0.05, 0.1) is 14.4 Å². The molecule has 96 valence electrons. The summed E-state index contributed by atoms with van der Waals surface area (Å²) in [5, 5.41) is 7.15. The van der Waals surface area contributed by atoms with Gasteiger partial charge in [-0.25, -0.2) is 0 Å². The molecule has 0 saturated carbocycles. The fourth-order valence-corrected chi connectivity index (χ4v) is 3.11. The molecular formula is C12H14BrN3OS. The van der Waals surface area contributed by atoms with Crippen molar-refractivity contribution in [3.63, 3.8) is 0 Å². The number of aromatic nitrogens is 2. The maximum absolute atomic E-state index is 12.0. The van der Waals surface area contributed by atoms with Crippen LogP contribution in [-0.4, -0.2) is 15.7 Å². The highest BCUT2D eigenvalue weighted by Gasteiger charge is 2.12. The standard InChI is InChI=1S/C12H14BrN3OS/c1-7-4-10(18-11(7)13)12(17)14-5-9-6-16(3)15-8(9)2/h4,6H,5H2,1-3H3,(H,14,17). The van der Waals surface area contributed by atoms with Gasteiger partial charge in [0.25, 0.3) is 5.91 Å². The average molecular weight is 328 g/mol. The second kappa shape index (κ2) is 5.24. The summed E-state index contributed by atoms with van der Waals surface area (Å²) < 4.78 is 2.76. The maximum atomic E-state index is 12.0. The summed E-state index contributed by atoms with van der Waals surface area (Å²) in [6, 6.07) is 1.89. The average Bonchev–Trinajstić information content (AvgIpc) is 2.79. The number of nitrogens with zero attached hydrogens (tertiary/aromatic N) is 2. The number of nitrogens with one attached hydrogen (secondary N) is 1. The third-order valence-corrected chi connectivity index (χ3v) is 4.77. The van der Waals surface area contributed by atoms with Gasteiger partial charge in [-0.2, -0.15) is 5.10 Å². The van der Waals surface area contributed by atoms with Crippen LogP contribution < -0.4 is 5.32 Å². The Kier molecular flexibility index (Phi) is 3.87. The van der Waals surface area contributed by atoms with Crippen molar-refractivity contribution in [1.29, 1.82) is 0 Å². The molecule has 2 aromatic heterocycles. The van der Waals surface area contributed by atoms with Crippen molar-refractivity contribution in [2.75, 3.05) is 0 Å². The van der Waals surface area contributed by atoms with Crippen LogP contribution in [0.5, 0.6) is 0 Å². The first-order valence-corrected chi connectivity index (χ1v) is 7.11. The van der Waals surface area contributed by atoms with Crippen LogP contribution in [0.2, 0.25) is 0 Å².